The maximum Gasteiger partial charge on any atom is 0.255 e. The fourth-order valence-corrected chi connectivity index (χ4v) is 6.44. The molecule has 27 heavy (non-hydrogen) atoms. The average Bonchev–Trinajstić information content (AvgIpc) is 2.57. The van der Waals surface area contributed by atoms with Gasteiger partial charge in [0.05, 0.1) is 22.5 Å². The predicted molar refractivity (Wildman–Crippen MR) is 107 cm³/mol. The highest BCUT2D eigenvalue weighted by Gasteiger charge is 2.66. The van der Waals surface area contributed by atoms with Crippen molar-refractivity contribution in [3.8, 4) is 0 Å². The molecule has 1 N–H and O–H groups in total. The lowest BCUT2D eigenvalue weighted by atomic mass is 9.51. The molecule has 0 radical (unpaired) electrons. The van der Waals surface area contributed by atoms with E-state index >= 15 is 0 Å². The molecule has 0 aromatic heterocycles. The van der Waals surface area contributed by atoms with Gasteiger partial charge in [-0.3, -0.25) is 0 Å². The van der Waals surface area contributed by atoms with E-state index < -0.39 is 22.8 Å². The highest BCUT2D eigenvalue weighted by molar-refractivity contribution is 6.21. The topological polar surface area (TPSA) is 38.2 Å². The van der Waals surface area contributed by atoms with E-state index in [0.717, 1.165) is 32.1 Å². The van der Waals surface area contributed by atoms with Crippen LogP contribution < -0.4 is 0 Å². The third-order valence-corrected chi connectivity index (χ3v) is 8.72. The van der Waals surface area contributed by atoms with Gasteiger partial charge < -0.3 is 19.5 Å². The van der Waals surface area contributed by atoms with E-state index in [1.54, 1.807) is 6.92 Å². The molecular weight excluding hydrogens is 360 g/mol. The van der Waals surface area contributed by atoms with Gasteiger partial charge in [0.15, 0.2) is 0 Å². The second-order valence-electron chi connectivity index (χ2n) is 10.3. The molecule has 0 amide bonds. The zero-order valence-electron chi connectivity index (χ0n) is 17.3. The van der Waals surface area contributed by atoms with Crippen LogP contribution in [0.1, 0.15) is 73.1 Å². The zero-order valence-corrected chi connectivity index (χ0v) is 18.0. The summed E-state index contributed by atoms with van der Waals surface area (Å²) in [6.07, 6.45) is 4.83. The lowest BCUT2D eigenvalue weighted by Crippen LogP contribution is -2.64. The molecule has 1 unspecified atom stereocenters. The molecule has 1 aliphatic heterocycles. The first kappa shape index (κ1) is 20.9. The number of hydrogen-bond acceptors (Lipinski definition) is 2. The van der Waals surface area contributed by atoms with Gasteiger partial charge in [0.2, 0.25) is 5.54 Å². The van der Waals surface area contributed by atoms with E-state index in [9.17, 15) is 5.11 Å². The molecule has 2 saturated carbocycles. The number of halogens is 1. The number of aliphatic hydroxyl groups is 1. The summed E-state index contributed by atoms with van der Waals surface area (Å²) in [6, 6.07) is -0.486. The number of nitrogens with zero attached hydrogens (tertiary/aromatic N) is 2. The summed E-state index contributed by atoms with van der Waals surface area (Å²) in [4.78, 5) is 7.95. The summed E-state index contributed by atoms with van der Waals surface area (Å²) in [5.41, 5.74) is -2.25. The van der Waals surface area contributed by atoms with Gasteiger partial charge in [0.1, 0.15) is 5.60 Å². The lowest BCUT2D eigenvalue weighted by molar-refractivity contribution is -0.217. The van der Waals surface area contributed by atoms with Gasteiger partial charge in [0, 0.05) is 19.3 Å². The summed E-state index contributed by atoms with van der Waals surface area (Å²) >= 11 is 6.53. The van der Waals surface area contributed by atoms with E-state index in [1.165, 1.54) is 0 Å². The van der Waals surface area contributed by atoms with Crippen molar-refractivity contribution in [1.82, 2.24) is 0 Å². The van der Waals surface area contributed by atoms with Crippen molar-refractivity contribution in [3.63, 3.8) is 0 Å². The smallest absolute Gasteiger partial charge is 0.255 e. The lowest BCUT2D eigenvalue weighted by Gasteiger charge is -2.57. The third kappa shape index (κ3) is 3.29. The van der Waals surface area contributed by atoms with E-state index in [-0.39, 0.29) is 28.7 Å². The first-order valence-electron chi connectivity index (χ1n) is 10.2. The van der Waals surface area contributed by atoms with Crippen LogP contribution in [0.2, 0.25) is 0 Å². The summed E-state index contributed by atoms with van der Waals surface area (Å²) in [5.74, 6) is 0.267. The molecular formula is C22H33ClN2O2. The summed E-state index contributed by atoms with van der Waals surface area (Å²) in [5, 5.41) is 11.0. The standard InChI is InChI=1S/C22H33ClN2O2/c1-19(2)16(23)10-13-22(5,27-19)15-8-11-20(3,25-7)14-9-12-21(4,26)18(24-6)17(14)15/h14-18,26H,8-13H2,1-5H3/t14-,15-,16+,17?,18+,20-,21+,22+/m0/s1. The Morgan fingerprint density at radius 1 is 0.963 bits per heavy atom. The molecule has 2 aliphatic carbocycles. The van der Waals surface area contributed by atoms with E-state index in [2.05, 4.69) is 37.4 Å². The van der Waals surface area contributed by atoms with Crippen LogP contribution in [0.4, 0.5) is 0 Å². The van der Waals surface area contributed by atoms with Crippen molar-refractivity contribution < 1.29 is 9.84 Å². The quantitative estimate of drug-likeness (QED) is 0.498. The molecule has 3 fully saturated rings. The van der Waals surface area contributed by atoms with Crippen molar-refractivity contribution in [2.45, 2.75) is 107 Å². The molecule has 8 atom stereocenters. The Bertz CT molecular complexity index is 679. The van der Waals surface area contributed by atoms with Gasteiger partial charge in [-0.15, -0.1) is 11.6 Å². The van der Waals surface area contributed by atoms with Gasteiger partial charge >= 0.3 is 0 Å². The Hall–Kier alpha value is -0.810. The second-order valence-corrected chi connectivity index (χ2v) is 10.8. The van der Waals surface area contributed by atoms with Crippen molar-refractivity contribution >= 4 is 11.6 Å². The van der Waals surface area contributed by atoms with Gasteiger partial charge in [-0.2, -0.15) is 0 Å². The van der Waals surface area contributed by atoms with Crippen LogP contribution in [0, 0.1) is 30.9 Å². The zero-order chi connectivity index (χ0) is 20.3. The van der Waals surface area contributed by atoms with Gasteiger partial charge in [0.25, 0.3) is 6.04 Å². The number of fused-ring (bicyclic) bond motifs is 1. The van der Waals surface area contributed by atoms with Gasteiger partial charge in [-0.05, 0) is 65.7 Å². The Kier molecular flexibility index (Phi) is 5.13. The van der Waals surface area contributed by atoms with E-state index in [1.807, 2.05) is 0 Å². The molecule has 0 spiro atoms. The molecule has 3 rings (SSSR count). The van der Waals surface area contributed by atoms with Crippen LogP contribution in [0.15, 0.2) is 0 Å². The van der Waals surface area contributed by atoms with Crippen molar-refractivity contribution in [1.29, 1.82) is 0 Å². The highest BCUT2D eigenvalue weighted by Crippen LogP contribution is 2.58. The van der Waals surface area contributed by atoms with Gasteiger partial charge in [-0.1, -0.05) is 0 Å². The van der Waals surface area contributed by atoms with Crippen LogP contribution in [0.25, 0.3) is 9.69 Å². The molecule has 0 aromatic rings. The fraction of sp³-hybridized carbons (Fsp3) is 0.909. The molecule has 5 heteroatoms. The molecule has 1 heterocycles. The second kappa shape index (κ2) is 6.62. The number of rotatable bonds is 1. The van der Waals surface area contributed by atoms with Crippen LogP contribution in [0.5, 0.6) is 0 Å². The van der Waals surface area contributed by atoms with Crippen LogP contribution >= 0.6 is 11.6 Å². The third-order valence-electron chi connectivity index (χ3n) is 7.98. The molecule has 3 aliphatic rings. The minimum absolute atomic E-state index is 0.0215. The monoisotopic (exact) mass is 392 g/mol. The largest absolute Gasteiger partial charge is 0.382 e. The average molecular weight is 393 g/mol. The number of ether oxygens (including phenoxy) is 1. The number of alkyl halides is 1. The predicted octanol–water partition coefficient (Wildman–Crippen LogP) is 5.09. The first-order chi connectivity index (χ1) is 12.4. The summed E-state index contributed by atoms with van der Waals surface area (Å²) < 4.78 is 6.63. The maximum atomic E-state index is 11.0. The van der Waals surface area contributed by atoms with E-state index in [0.29, 0.717) is 6.42 Å². The minimum Gasteiger partial charge on any atom is -0.382 e. The molecule has 1 saturated heterocycles. The maximum absolute atomic E-state index is 11.0. The molecule has 150 valence electrons. The Morgan fingerprint density at radius 2 is 1.59 bits per heavy atom. The molecule has 0 aromatic carbocycles. The number of hydrogen-bond donors (Lipinski definition) is 1. The molecule has 4 nitrogen and oxygen atoms in total. The SMILES string of the molecule is [C-]#[N+][C@@H]1C2[C@@H]([C@@]3(C)CC[C@@H](Cl)C(C)(C)O3)CC[C@](C)([N+]#[C-])[C@H]2CC[C@@]1(C)O. The Balaban J connectivity index is 2.03. The first-order valence-corrected chi connectivity index (χ1v) is 10.7. The molecule has 0 bridgehead atoms. The van der Waals surface area contributed by atoms with Gasteiger partial charge in [-0.25, -0.2) is 13.1 Å². The van der Waals surface area contributed by atoms with Crippen molar-refractivity contribution in [3.05, 3.63) is 22.8 Å². The highest BCUT2D eigenvalue weighted by atomic mass is 35.5. The Morgan fingerprint density at radius 3 is 2.15 bits per heavy atom. The normalized spacial score (nSPS) is 52.3. The van der Waals surface area contributed by atoms with Crippen LogP contribution in [-0.4, -0.2) is 38.9 Å². The van der Waals surface area contributed by atoms with Crippen LogP contribution in [0.3, 0.4) is 0 Å². The summed E-state index contributed by atoms with van der Waals surface area (Å²) in [6.45, 7) is 25.8. The van der Waals surface area contributed by atoms with E-state index in [4.69, 9.17) is 29.5 Å². The van der Waals surface area contributed by atoms with Crippen molar-refractivity contribution in [2.24, 2.45) is 17.8 Å². The minimum atomic E-state index is -1.00. The Labute approximate surface area is 169 Å². The fourth-order valence-electron chi connectivity index (χ4n) is 6.29. The summed E-state index contributed by atoms with van der Waals surface area (Å²) in [7, 11) is 0. The van der Waals surface area contributed by atoms with Crippen molar-refractivity contribution in [2.75, 3.05) is 0 Å². The van der Waals surface area contributed by atoms with Crippen LogP contribution in [-0.2, 0) is 4.74 Å².